The largest absolute Gasteiger partial charge is 0.489 e. The molecule has 6 nitrogen and oxygen atoms in total. The Bertz CT molecular complexity index is 1020. The van der Waals surface area contributed by atoms with Crippen LogP contribution in [0.5, 0.6) is 5.75 Å². The molecule has 0 unspecified atom stereocenters. The first-order valence-corrected chi connectivity index (χ1v) is 8.91. The van der Waals surface area contributed by atoms with Gasteiger partial charge < -0.3 is 19.3 Å². The number of aliphatic imine (C=N–C) groups is 1. The van der Waals surface area contributed by atoms with Gasteiger partial charge in [0.1, 0.15) is 24.3 Å². The molecular formula is C21H21N3O3. The van der Waals surface area contributed by atoms with E-state index < -0.39 is 0 Å². The maximum Gasteiger partial charge on any atom is 0.150 e. The van der Waals surface area contributed by atoms with Gasteiger partial charge in [0.2, 0.25) is 0 Å². The van der Waals surface area contributed by atoms with Crippen LogP contribution >= 0.6 is 0 Å². The summed E-state index contributed by atoms with van der Waals surface area (Å²) in [6.45, 7) is 1.89. The number of carbonyl (C=O) groups excluding carboxylic acids is 1. The number of aldehydes is 1. The zero-order chi connectivity index (χ0) is 18.8. The number of fused-ring (bicyclic) bond motifs is 2. The monoisotopic (exact) mass is 363 g/mol. The van der Waals surface area contributed by atoms with E-state index in [2.05, 4.69) is 9.89 Å². The van der Waals surface area contributed by atoms with E-state index in [1.807, 2.05) is 41.9 Å². The predicted octanol–water partition coefficient (Wildman–Crippen LogP) is 3.03. The van der Waals surface area contributed by atoms with Crippen LogP contribution in [0, 0.1) is 0 Å². The number of aliphatic hydroxyl groups is 1. The van der Waals surface area contributed by atoms with Gasteiger partial charge in [-0.2, -0.15) is 0 Å². The molecule has 0 saturated carbocycles. The van der Waals surface area contributed by atoms with Crippen LogP contribution in [0.25, 0.3) is 10.9 Å². The van der Waals surface area contributed by atoms with Crippen molar-refractivity contribution in [3.05, 3.63) is 53.7 Å². The molecule has 4 rings (SSSR count). The minimum Gasteiger partial charge on any atom is -0.489 e. The first-order valence-electron chi connectivity index (χ1n) is 8.91. The van der Waals surface area contributed by atoms with Crippen LogP contribution in [0.15, 0.2) is 47.5 Å². The van der Waals surface area contributed by atoms with Gasteiger partial charge in [-0.15, -0.1) is 0 Å². The Morgan fingerprint density at radius 2 is 2.11 bits per heavy atom. The van der Waals surface area contributed by atoms with Gasteiger partial charge in [0.05, 0.1) is 30.7 Å². The van der Waals surface area contributed by atoms with Gasteiger partial charge in [-0.3, -0.25) is 9.79 Å². The molecule has 1 aliphatic heterocycles. The summed E-state index contributed by atoms with van der Waals surface area (Å²) in [7, 11) is 1.99. The molecule has 1 N–H and O–H groups in total. The quantitative estimate of drug-likeness (QED) is 0.559. The van der Waals surface area contributed by atoms with Crippen LogP contribution in [0.4, 0.5) is 11.4 Å². The molecule has 3 aromatic rings. The van der Waals surface area contributed by atoms with Crippen molar-refractivity contribution in [1.29, 1.82) is 0 Å². The molecule has 0 radical (unpaired) electrons. The normalized spacial score (nSPS) is 13.8. The Morgan fingerprint density at radius 1 is 1.26 bits per heavy atom. The van der Waals surface area contributed by atoms with E-state index in [9.17, 15) is 9.90 Å². The third-order valence-corrected chi connectivity index (χ3v) is 4.78. The highest BCUT2D eigenvalue weighted by Gasteiger charge is 2.20. The van der Waals surface area contributed by atoms with Crippen molar-refractivity contribution in [3.63, 3.8) is 0 Å². The summed E-state index contributed by atoms with van der Waals surface area (Å²) < 4.78 is 7.76. The number of nitrogens with zero attached hydrogens (tertiary/aromatic N) is 3. The summed E-state index contributed by atoms with van der Waals surface area (Å²) >= 11 is 0. The van der Waals surface area contributed by atoms with Gasteiger partial charge in [-0.05, 0) is 24.3 Å². The highest BCUT2D eigenvalue weighted by atomic mass is 16.5. The van der Waals surface area contributed by atoms with E-state index in [0.29, 0.717) is 30.2 Å². The predicted molar refractivity (Wildman–Crippen MR) is 107 cm³/mol. The lowest BCUT2D eigenvalue weighted by molar-refractivity contribution is 0.112. The summed E-state index contributed by atoms with van der Waals surface area (Å²) in [5.41, 5.74) is 4.06. The van der Waals surface area contributed by atoms with E-state index in [4.69, 9.17) is 4.74 Å². The number of ether oxygens (including phenoxy) is 1. The van der Waals surface area contributed by atoms with Gasteiger partial charge >= 0.3 is 0 Å². The third kappa shape index (κ3) is 3.19. The Morgan fingerprint density at radius 3 is 2.93 bits per heavy atom. The molecular weight excluding hydrogens is 342 g/mol. The number of benzene rings is 2. The van der Waals surface area contributed by atoms with Crippen LogP contribution < -0.4 is 9.64 Å². The lowest BCUT2D eigenvalue weighted by atomic mass is 10.1. The Balaban J connectivity index is 1.80. The molecule has 27 heavy (non-hydrogen) atoms. The van der Waals surface area contributed by atoms with Crippen molar-refractivity contribution < 1.29 is 14.6 Å². The van der Waals surface area contributed by atoms with Crippen molar-refractivity contribution in [2.75, 3.05) is 31.7 Å². The molecule has 1 aliphatic rings. The van der Waals surface area contributed by atoms with Crippen LogP contribution in [0.1, 0.15) is 16.1 Å². The number of carbonyl (C=O) groups is 1. The van der Waals surface area contributed by atoms with Crippen molar-refractivity contribution in [2.24, 2.45) is 4.99 Å². The first kappa shape index (κ1) is 17.3. The smallest absolute Gasteiger partial charge is 0.150 e. The average Bonchev–Trinajstić information content (AvgIpc) is 3.04. The molecule has 138 valence electrons. The zero-order valence-electron chi connectivity index (χ0n) is 15.1. The Labute approximate surface area is 157 Å². The van der Waals surface area contributed by atoms with Crippen molar-refractivity contribution in [1.82, 2.24) is 4.57 Å². The standard InChI is InChI=1S/C21H21N3O3/c1-23-7-9-27-20-11-15(14-26)10-18(21(20)23)22-13-17-12-16-4-2-3-5-19(16)24(17)6-8-25/h2-5,10-14,25H,6-9H2,1H3. The van der Waals surface area contributed by atoms with Gasteiger partial charge in [-0.25, -0.2) is 0 Å². The minimum atomic E-state index is 0.0477. The van der Waals surface area contributed by atoms with Gasteiger partial charge in [0.15, 0.2) is 0 Å². The van der Waals surface area contributed by atoms with Crippen LogP contribution in [0.2, 0.25) is 0 Å². The topological polar surface area (TPSA) is 67.1 Å². The second-order valence-corrected chi connectivity index (χ2v) is 6.54. The highest BCUT2D eigenvalue weighted by molar-refractivity contribution is 5.93. The molecule has 0 atom stereocenters. The summed E-state index contributed by atoms with van der Waals surface area (Å²) in [5, 5.41) is 10.5. The second kappa shape index (κ2) is 7.25. The van der Waals surface area contributed by atoms with Crippen molar-refractivity contribution in [3.8, 4) is 5.75 Å². The molecule has 0 saturated heterocycles. The number of hydrogen-bond donors (Lipinski definition) is 1. The fraction of sp³-hybridized carbons (Fsp3) is 0.238. The summed E-state index contributed by atoms with van der Waals surface area (Å²) in [6.07, 6.45) is 2.59. The number of anilines is 1. The number of aromatic nitrogens is 1. The summed E-state index contributed by atoms with van der Waals surface area (Å²) in [5.74, 6) is 0.677. The van der Waals surface area contributed by atoms with Gasteiger partial charge in [-0.1, -0.05) is 18.2 Å². The molecule has 0 bridgehead atoms. The molecule has 1 aromatic heterocycles. The van der Waals surface area contributed by atoms with Crippen LogP contribution in [-0.4, -0.2) is 49.0 Å². The highest BCUT2D eigenvalue weighted by Crippen LogP contribution is 2.40. The average molecular weight is 363 g/mol. The van der Waals surface area contributed by atoms with Gasteiger partial charge in [0, 0.05) is 30.1 Å². The van der Waals surface area contributed by atoms with Crippen LogP contribution in [-0.2, 0) is 6.54 Å². The molecule has 2 heterocycles. The Kier molecular flexibility index (Phi) is 4.64. The van der Waals surface area contributed by atoms with Crippen LogP contribution in [0.3, 0.4) is 0 Å². The summed E-state index contributed by atoms with van der Waals surface area (Å²) in [4.78, 5) is 18.1. The summed E-state index contributed by atoms with van der Waals surface area (Å²) in [6, 6.07) is 13.6. The van der Waals surface area contributed by atoms with E-state index >= 15 is 0 Å². The third-order valence-electron chi connectivity index (χ3n) is 4.78. The molecule has 0 fully saturated rings. The molecule has 0 spiro atoms. The number of hydrogen-bond acceptors (Lipinski definition) is 5. The SMILES string of the molecule is CN1CCOc2cc(C=O)cc(N=Cc3cc4ccccc4n3CCO)c21. The number of para-hydroxylation sites is 1. The zero-order valence-corrected chi connectivity index (χ0v) is 15.1. The molecule has 6 heteroatoms. The number of aliphatic hydroxyl groups excluding tert-OH is 1. The van der Waals surface area contributed by atoms with Crippen molar-refractivity contribution in [2.45, 2.75) is 6.54 Å². The minimum absolute atomic E-state index is 0.0477. The molecule has 0 amide bonds. The maximum atomic E-state index is 11.3. The lowest BCUT2D eigenvalue weighted by Crippen LogP contribution is -2.29. The van der Waals surface area contributed by atoms with E-state index in [-0.39, 0.29) is 6.61 Å². The second-order valence-electron chi connectivity index (χ2n) is 6.54. The fourth-order valence-electron chi connectivity index (χ4n) is 3.50. The number of rotatable bonds is 5. The van der Waals surface area contributed by atoms with Gasteiger partial charge in [0.25, 0.3) is 0 Å². The van der Waals surface area contributed by atoms with E-state index in [1.54, 1.807) is 18.3 Å². The molecule has 0 aliphatic carbocycles. The molecule has 2 aromatic carbocycles. The fourth-order valence-corrected chi connectivity index (χ4v) is 3.50. The van der Waals surface area contributed by atoms with E-state index in [1.165, 1.54) is 0 Å². The number of likely N-dealkylation sites (N-methyl/N-ethyl adjacent to an activating group) is 1. The maximum absolute atomic E-state index is 11.3. The lowest BCUT2D eigenvalue weighted by Gasteiger charge is -2.29. The first-order chi connectivity index (χ1) is 13.2. The Hall–Kier alpha value is -3.12. The van der Waals surface area contributed by atoms with E-state index in [0.717, 1.165) is 35.1 Å². The van der Waals surface area contributed by atoms with Crippen molar-refractivity contribution >= 4 is 34.8 Å².